The Bertz CT molecular complexity index is 551. The number of aromatic nitrogens is 2. The van der Waals surface area contributed by atoms with Crippen LogP contribution >= 0.6 is 15.9 Å². The van der Waals surface area contributed by atoms with Crippen molar-refractivity contribution >= 4 is 21.9 Å². The normalized spacial score (nSPS) is 10.8. The Labute approximate surface area is 99.0 Å². The molecular formula is C10H8BrF2N3. The van der Waals surface area contributed by atoms with Gasteiger partial charge in [0.25, 0.3) is 0 Å². The van der Waals surface area contributed by atoms with Crippen LogP contribution in [0, 0.1) is 11.6 Å². The Hall–Kier alpha value is -1.43. The standard InChI is InChI=1S/C10H8BrF2N3/c1-16-9(11)8(15-10(16)14)6-3-2-5(12)4-7(6)13/h2-4H,1H3,(H2,14,15). The molecule has 0 fully saturated rings. The van der Waals surface area contributed by atoms with Crippen LogP contribution < -0.4 is 5.73 Å². The molecule has 0 saturated heterocycles. The number of nitrogens with two attached hydrogens (primary N) is 1. The van der Waals surface area contributed by atoms with Crippen molar-refractivity contribution in [2.75, 3.05) is 5.73 Å². The van der Waals surface area contributed by atoms with Gasteiger partial charge in [0.2, 0.25) is 5.95 Å². The van der Waals surface area contributed by atoms with Gasteiger partial charge >= 0.3 is 0 Å². The van der Waals surface area contributed by atoms with Gasteiger partial charge < -0.3 is 10.3 Å². The topological polar surface area (TPSA) is 43.8 Å². The zero-order valence-electron chi connectivity index (χ0n) is 8.34. The maximum Gasteiger partial charge on any atom is 0.201 e. The van der Waals surface area contributed by atoms with E-state index in [4.69, 9.17) is 5.73 Å². The Morgan fingerprint density at radius 2 is 2.06 bits per heavy atom. The van der Waals surface area contributed by atoms with Gasteiger partial charge in [0, 0.05) is 18.7 Å². The fourth-order valence-electron chi connectivity index (χ4n) is 1.35. The summed E-state index contributed by atoms with van der Waals surface area (Å²) in [5.74, 6) is -1.04. The average Bonchev–Trinajstić information content (AvgIpc) is 2.46. The van der Waals surface area contributed by atoms with Crippen LogP contribution in [0.2, 0.25) is 0 Å². The lowest BCUT2D eigenvalue weighted by molar-refractivity contribution is 0.585. The SMILES string of the molecule is Cn1c(N)nc(-c2ccc(F)cc2F)c1Br. The van der Waals surface area contributed by atoms with Crippen molar-refractivity contribution in [3.63, 3.8) is 0 Å². The predicted molar refractivity (Wildman–Crippen MR) is 60.7 cm³/mol. The Kier molecular flexibility index (Phi) is 2.67. The molecule has 1 aromatic heterocycles. The second-order valence-corrected chi connectivity index (χ2v) is 4.04. The van der Waals surface area contributed by atoms with Crippen molar-refractivity contribution < 1.29 is 8.78 Å². The highest BCUT2D eigenvalue weighted by Crippen LogP contribution is 2.30. The van der Waals surface area contributed by atoms with Gasteiger partial charge in [-0.2, -0.15) is 0 Å². The zero-order chi connectivity index (χ0) is 11.9. The molecule has 0 aliphatic heterocycles. The number of nitrogen functional groups attached to an aromatic ring is 1. The molecule has 2 rings (SSSR count). The number of anilines is 1. The van der Waals surface area contributed by atoms with Crippen molar-refractivity contribution in [1.29, 1.82) is 0 Å². The molecule has 1 heterocycles. The minimum Gasteiger partial charge on any atom is -0.369 e. The molecule has 0 aliphatic rings. The third-order valence-corrected chi connectivity index (χ3v) is 3.15. The molecule has 0 amide bonds. The van der Waals surface area contributed by atoms with Crippen LogP contribution in [0.4, 0.5) is 14.7 Å². The first kappa shape index (κ1) is 11.1. The van der Waals surface area contributed by atoms with Crippen LogP contribution in [0.1, 0.15) is 0 Å². The molecule has 2 aromatic rings. The van der Waals surface area contributed by atoms with Gasteiger partial charge in [0.15, 0.2) is 0 Å². The highest BCUT2D eigenvalue weighted by molar-refractivity contribution is 9.10. The summed E-state index contributed by atoms with van der Waals surface area (Å²) in [5.41, 5.74) is 6.15. The van der Waals surface area contributed by atoms with Crippen molar-refractivity contribution in [1.82, 2.24) is 9.55 Å². The molecule has 2 N–H and O–H groups in total. The van der Waals surface area contributed by atoms with Gasteiger partial charge in [-0.15, -0.1) is 0 Å². The molecule has 84 valence electrons. The van der Waals surface area contributed by atoms with Crippen LogP contribution in [0.5, 0.6) is 0 Å². The van der Waals surface area contributed by atoms with E-state index in [1.807, 2.05) is 0 Å². The quantitative estimate of drug-likeness (QED) is 0.876. The van der Waals surface area contributed by atoms with E-state index in [0.717, 1.165) is 6.07 Å². The van der Waals surface area contributed by atoms with Gasteiger partial charge in [-0.05, 0) is 28.1 Å². The first-order valence-corrected chi connectivity index (χ1v) is 5.23. The molecule has 0 aliphatic carbocycles. The summed E-state index contributed by atoms with van der Waals surface area (Å²) >= 11 is 3.25. The van der Waals surface area contributed by atoms with Gasteiger partial charge in [-0.1, -0.05) is 0 Å². The van der Waals surface area contributed by atoms with E-state index in [9.17, 15) is 8.78 Å². The van der Waals surface area contributed by atoms with Gasteiger partial charge in [-0.25, -0.2) is 13.8 Å². The maximum absolute atomic E-state index is 13.5. The van der Waals surface area contributed by atoms with Crippen LogP contribution in [0.3, 0.4) is 0 Å². The fourth-order valence-corrected chi connectivity index (χ4v) is 1.83. The van der Waals surface area contributed by atoms with Crippen molar-refractivity contribution in [3.05, 3.63) is 34.4 Å². The molecule has 1 aromatic carbocycles. The molecule has 0 saturated carbocycles. The minimum atomic E-state index is -0.668. The molecule has 0 spiro atoms. The summed E-state index contributed by atoms with van der Waals surface area (Å²) in [5, 5.41) is 0. The van der Waals surface area contributed by atoms with E-state index < -0.39 is 11.6 Å². The van der Waals surface area contributed by atoms with Crippen LogP contribution in [0.25, 0.3) is 11.3 Å². The van der Waals surface area contributed by atoms with Crippen molar-refractivity contribution in [2.45, 2.75) is 0 Å². The summed E-state index contributed by atoms with van der Waals surface area (Å²) in [6, 6.07) is 3.32. The molecule has 0 unspecified atom stereocenters. The Morgan fingerprint density at radius 3 is 2.56 bits per heavy atom. The molecule has 0 radical (unpaired) electrons. The van der Waals surface area contributed by atoms with E-state index in [1.165, 1.54) is 12.1 Å². The average molecular weight is 288 g/mol. The lowest BCUT2D eigenvalue weighted by Gasteiger charge is -2.00. The summed E-state index contributed by atoms with van der Waals surface area (Å²) in [7, 11) is 1.69. The Morgan fingerprint density at radius 1 is 1.38 bits per heavy atom. The highest BCUT2D eigenvalue weighted by Gasteiger charge is 2.16. The lowest BCUT2D eigenvalue weighted by atomic mass is 10.1. The summed E-state index contributed by atoms with van der Waals surface area (Å²) in [6.07, 6.45) is 0. The molecule has 6 heteroatoms. The van der Waals surface area contributed by atoms with E-state index in [1.54, 1.807) is 11.6 Å². The summed E-state index contributed by atoms with van der Waals surface area (Å²) < 4.78 is 28.4. The summed E-state index contributed by atoms with van der Waals surface area (Å²) in [4.78, 5) is 4.00. The zero-order valence-corrected chi connectivity index (χ0v) is 9.92. The number of imidazole rings is 1. The number of hydrogen-bond donors (Lipinski definition) is 1. The van der Waals surface area contributed by atoms with Crippen LogP contribution in [-0.4, -0.2) is 9.55 Å². The third-order valence-electron chi connectivity index (χ3n) is 2.25. The minimum absolute atomic E-state index is 0.209. The number of nitrogens with zero attached hydrogens (tertiary/aromatic N) is 2. The molecule has 16 heavy (non-hydrogen) atoms. The monoisotopic (exact) mass is 287 g/mol. The van der Waals surface area contributed by atoms with Gasteiger partial charge in [0.05, 0.1) is 0 Å². The number of rotatable bonds is 1. The van der Waals surface area contributed by atoms with Gasteiger partial charge in [0.1, 0.15) is 21.9 Å². The summed E-state index contributed by atoms with van der Waals surface area (Å²) in [6.45, 7) is 0. The lowest BCUT2D eigenvalue weighted by Crippen LogP contribution is -1.96. The van der Waals surface area contributed by atoms with Gasteiger partial charge in [-0.3, -0.25) is 0 Å². The first-order valence-electron chi connectivity index (χ1n) is 4.44. The number of benzene rings is 1. The third kappa shape index (κ3) is 1.69. The van der Waals surface area contributed by atoms with E-state index in [-0.39, 0.29) is 11.5 Å². The maximum atomic E-state index is 13.5. The van der Waals surface area contributed by atoms with E-state index in [0.29, 0.717) is 10.3 Å². The molecule has 0 bridgehead atoms. The smallest absolute Gasteiger partial charge is 0.201 e. The first-order chi connectivity index (χ1) is 7.50. The molecular weight excluding hydrogens is 280 g/mol. The fraction of sp³-hybridized carbons (Fsp3) is 0.100. The molecule has 3 nitrogen and oxygen atoms in total. The number of halogens is 3. The van der Waals surface area contributed by atoms with Crippen molar-refractivity contribution in [3.8, 4) is 11.3 Å². The van der Waals surface area contributed by atoms with E-state index in [2.05, 4.69) is 20.9 Å². The highest BCUT2D eigenvalue weighted by atomic mass is 79.9. The number of hydrogen-bond acceptors (Lipinski definition) is 2. The van der Waals surface area contributed by atoms with E-state index >= 15 is 0 Å². The second-order valence-electron chi connectivity index (χ2n) is 3.29. The largest absolute Gasteiger partial charge is 0.369 e. The van der Waals surface area contributed by atoms with Crippen LogP contribution in [-0.2, 0) is 7.05 Å². The predicted octanol–water partition coefficient (Wildman–Crippen LogP) is 2.71. The van der Waals surface area contributed by atoms with Crippen LogP contribution in [0.15, 0.2) is 22.8 Å². The Balaban J connectivity index is 2.63. The van der Waals surface area contributed by atoms with Crippen molar-refractivity contribution in [2.24, 2.45) is 7.05 Å². The second kappa shape index (κ2) is 3.86. The molecule has 0 atom stereocenters.